The summed E-state index contributed by atoms with van der Waals surface area (Å²) >= 11 is 0. The number of hydrogen-bond acceptors (Lipinski definition) is 4. The normalized spacial score (nSPS) is 22.3. The lowest BCUT2D eigenvalue weighted by Gasteiger charge is -2.33. The molecule has 0 fully saturated rings. The van der Waals surface area contributed by atoms with Gasteiger partial charge >= 0.3 is 0 Å². The Hall–Kier alpha value is -3.86. The maximum Gasteiger partial charge on any atom is 0.224 e. The maximum atomic E-state index is 6.36. The topological polar surface area (TPSA) is 40.7 Å². The van der Waals surface area contributed by atoms with Crippen LogP contribution >= 0.6 is 0 Å². The fraction of sp³-hybridized carbons (Fsp3) is 0.353. The lowest BCUT2D eigenvalue weighted by Crippen LogP contribution is -2.44. The third-order valence-corrected chi connectivity index (χ3v) is 9.58. The number of aliphatic imine (C=N–C) groups is 1. The molecule has 0 bridgehead atoms. The van der Waals surface area contributed by atoms with Gasteiger partial charge in [0.15, 0.2) is 6.20 Å². The molecular formula is C34H39N4O+. The molecule has 0 saturated heterocycles. The van der Waals surface area contributed by atoms with Crippen LogP contribution in [0, 0.1) is 0 Å². The number of rotatable bonds is 4. The van der Waals surface area contributed by atoms with E-state index in [4.69, 9.17) is 16.3 Å². The molecule has 0 spiro atoms. The minimum atomic E-state index is -0.102. The van der Waals surface area contributed by atoms with E-state index in [1.165, 1.54) is 28.1 Å². The largest absolute Gasteiger partial charge is 0.439 e. The SMILES string of the molecule is C=CC1=NC2C(=C)[n+]3ccc(C(C)(CC)CC)cc3C3=C(CCC2c2ccccc21)N(C)C1=C(NC1)OC3=C. The van der Waals surface area contributed by atoms with Gasteiger partial charge in [-0.15, -0.1) is 0 Å². The monoisotopic (exact) mass is 519 g/mol. The van der Waals surface area contributed by atoms with Gasteiger partial charge in [-0.1, -0.05) is 58.2 Å². The summed E-state index contributed by atoms with van der Waals surface area (Å²) < 4.78 is 8.60. The van der Waals surface area contributed by atoms with Crippen LogP contribution in [0.5, 0.6) is 0 Å². The van der Waals surface area contributed by atoms with Crippen LogP contribution in [-0.4, -0.2) is 30.2 Å². The summed E-state index contributed by atoms with van der Waals surface area (Å²) in [6, 6.07) is 13.2. The van der Waals surface area contributed by atoms with Gasteiger partial charge in [0.1, 0.15) is 17.4 Å². The Bertz CT molecular complexity index is 1500. The molecule has 0 radical (unpaired) electrons. The number of allylic oxidation sites excluding steroid dienone is 3. The lowest BCUT2D eigenvalue weighted by atomic mass is 9.77. The Labute approximate surface area is 232 Å². The molecule has 2 atom stereocenters. The van der Waals surface area contributed by atoms with Crippen LogP contribution in [0.4, 0.5) is 0 Å². The van der Waals surface area contributed by atoms with E-state index in [9.17, 15) is 0 Å². The molecule has 0 saturated carbocycles. The van der Waals surface area contributed by atoms with Crippen LogP contribution in [0.2, 0.25) is 0 Å². The number of likely N-dealkylation sites (N-methyl/N-ethyl adjacent to an activating group) is 1. The maximum absolute atomic E-state index is 6.36. The van der Waals surface area contributed by atoms with Crippen molar-refractivity contribution in [1.82, 2.24) is 10.2 Å². The second kappa shape index (κ2) is 9.41. The Morgan fingerprint density at radius 3 is 2.64 bits per heavy atom. The molecule has 6 rings (SSSR count). The zero-order valence-electron chi connectivity index (χ0n) is 23.7. The summed E-state index contributed by atoms with van der Waals surface area (Å²) in [6.45, 7) is 20.9. The van der Waals surface area contributed by atoms with Crippen molar-refractivity contribution in [3.05, 3.63) is 114 Å². The first-order chi connectivity index (χ1) is 18.8. The van der Waals surface area contributed by atoms with E-state index in [-0.39, 0.29) is 17.4 Å². The fourth-order valence-electron chi connectivity index (χ4n) is 6.58. The lowest BCUT2D eigenvalue weighted by molar-refractivity contribution is -0.586. The van der Waals surface area contributed by atoms with Crippen molar-refractivity contribution in [3.8, 4) is 0 Å². The van der Waals surface area contributed by atoms with E-state index < -0.39 is 0 Å². The third-order valence-electron chi connectivity index (χ3n) is 9.58. The Morgan fingerprint density at radius 2 is 1.95 bits per heavy atom. The Morgan fingerprint density at radius 1 is 1.18 bits per heavy atom. The van der Waals surface area contributed by atoms with Gasteiger partial charge in [0.25, 0.3) is 0 Å². The van der Waals surface area contributed by atoms with E-state index in [1.54, 1.807) is 0 Å². The standard InChI is InChI=1S/C34H39N4O/c1-8-27-25-14-12-11-13-24(25)26-15-16-28-31(22(5)39-33-30(20-35-33)37(28)7)29-19-23(34(6,9-2)10-3)17-18-38(29)21(4)32(26)36-27/h8,11-14,17-19,26,32,35H,1,4-5,9-10,15-16,20H2,2-3,6-7H3/q+1. The number of hydrogen-bond donors (Lipinski definition) is 1. The number of aromatic nitrogens is 1. The zero-order chi connectivity index (χ0) is 27.5. The summed E-state index contributed by atoms with van der Waals surface area (Å²) in [4.78, 5) is 7.60. The molecule has 1 aromatic heterocycles. The first-order valence-electron chi connectivity index (χ1n) is 14.2. The summed E-state index contributed by atoms with van der Waals surface area (Å²) in [5, 5.41) is 3.33. The number of pyridine rings is 1. The molecule has 5 heteroatoms. The first-order valence-corrected chi connectivity index (χ1v) is 14.2. The molecule has 0 aliphatic carbocycles. The smallest absolute Gasteiger partial charge is 0.224 e. The highest BCUT2D eigenvalue weighted by Crippen LogP contribution is 2.44. The predicted octanol–water partition coefficient (Wildman–Crippen LogP) is 6.42. The van der Waals surface area contributed by atoms with Crippen molar-refractivity contribution in [1.29, 1.82) is 0 Å². The number of ether oxygens (including phenoxy) is 1. The predicted molar refractivity (Wildman–Crippen MR) is 159 cm³/mol. The van der Waals surface area contributed by atoms with Gasteiger partial charge in [0, 0.05) is 36.4 Å². The molecule has 2 aromatic rings. The molecular weight excluding hydrogens is 480 g/mol. The number of benzene rings is 1. The van der Waals surface area contributed by atoms with Crippen LogP contribution in [0.1, 0.15) is 74.8 Å². The number of nitrogens with one attached hydrogen (secondary N) is 1. The second-order valence-electron chi connectivity index (χ2n) is 11.4. The zero-order valence-corrected chi connectivity index (χ0v) is 23.7. The molecule has 5 heterocycles. The van der Waals surface area contributed by atoms with Gasteiger partial charge in [-0.2, -0.15) is 4.57 Å². The van der Waals surface area contributed by atoms with Crippen LogP contribution in [-0.2, 0) is 10.2 Å². The summed E-state index contributed by atoms with van der Waals surface area (Å²) in [5.41, 5.74) is 10.3. The van der Waals surface area contributed by atoms with Gasteiger partial charge in [0.05, 0.1) is 18.0 Å². The van der Waals surface area contributed by atoms with Gasteiger partial charge in [0.2, 0.25) is 17.3 Å². The number of nitrogens with zero attached hydrogens (tertiary/aromatic N) is 3. The summed E-state index contributed by atoms with van der Waals surface area (Å²) in [5.74, 6) is 1.67. The van der Waals surface area contributed by atoms with Crippen molar-refractivity contribution in [2.75, 3.05) is 13.6 Å². The van der Waals surface area contributed by atoms with Crippen molar-refractivity contribution in [3.63, 3.8) is 0 Å². The first kappa shape index (κ1) is 25.4. The molecule has 1 aromatic carbocycles. The quantitative estimate of drug-likeness (QED) is 0.474. The highest BCUT2D eigenvalue weighted by Gasteiger charge is 2.42. The van der Waals surface area contributed by atoms with Crippen molar-refractivity contribution in [2.45, 2.75) is 63.8 Å². The Balaban J connectivity index is 1.62. The van der Waals surface area contributed by atoms with E-state index in [0.717, 1.165) is 60.8 Å². The van der Waals surface area contributed by atoms with E-state index >= 15 is 0 Å². The van der Waals surface area contributed by atoms with Crippen LogP contribution in [0.25, 0.3) is 11.3 Å². The summed E-state index contributed by atoms with van der Waals surface area (Å²) in [7, 11) is 2.16. The second-order valence-corrected chi connectivity index (χ2v) is 11.4. The third kappa shape index (κ3) is 3.82. The Kier molecular flexibility index (Phi) is 6.13. The van der Waals surface area contributed by atoms with Crippen molar-refractivity contribution in [2.24, 2.45) is 4.99 Å². The minimum absolute atomic E-state index is 0.0689. The highest BCUT2D eigenvalue weighted by molar-refractivity contribution is 6.10. The molecule has 1 N–H and O–H groups in total. The van der Waals surface area contributed by atoms with Gasteiger partial charge < -0.3 is 15.0 Å². The highest BCUT2D eigenvalue weighted by atomic mass is 16.5. The van der Waals surface area contributed by atoms with Gasteiger partial charge in [-0.25, -0.2) is 0 Å². The molecule has 4 aliphatic heterocycles. The van der Waals surface area contributed by atoms with Crippen LogP contribution < -0.4 is 9.88 Å². The van der Waals surface area contributed by atoms with Crippen molar-refractivity contribution < 1.29 is 9.30 Å². The average molecular weight is 520 g/mol. The minimum Gasteiger partial charge on any atom is -0.439 e. The van der Waals surface area contributed by atoms with E-state index in [1.807, 2.05) is 6.08 Å². The van der Waals surface area contributed by atoms with Crippen LogP contribution in [0.15, 0.2) is 96.4 Å². The average Bonchev–Trinajstić information content (AvgIpc) is 2.98. The molecule has 39 heavy (non-hydrogen) atoms. The fourth-order valence-corrected chi connectivity index (χ4v) is 6.58. The molecule has 200 valence electrons. The molecule has 0 amide bonds. The van der Waals surface area contributed by atoms with E-state index in [0.29, 0.717) is 5.76 Å². The molecule has 4 aliphatic rings. The van der Waals surface area contributed by atoms with Crippen molar-refractivity contribution >= 4 is 17.0 Å². The molecule has 2 unspecified atom stereocenters. The summed E-state index contributed by atoms with van der Waals surface area (Å²) in [6.07, 6.45) is 8.00. The van der Waals surface area contributed by atoms with Gasteiger partial charge in [-0.05, 0) is 54.9 Å². The van der Waals surface area contributed by atoms with Crippen LogP contribution in [0.3, 0.4) is 0 Å². The number of fused-ring (bicyclic) bond motifs is 5. The van der Waals surface area contributed by atoms with E-state index in [2.05, 4.69) is 98.4 Å². The van der Waals surface area contributed by atoms with Gasteiger partial charge in [-0.3, -0.25) is 4.99 Å². The molecule has 5 nitrogen and oxygen atoms in total.